The molecule has 0 aliphatic carbocycles. The van der Waals surface area contributed by atoms with Gasteiger partial charge >= 0.3 is 17.9 Å². The molecule has 0 unspecified atom stereocenters. The van der Waals surface area contributed by atoms with Crippen LogP contribution in [0.2, 0.25) is 0 Å². The second kappa shape index (κ2) is 10.1. The van der Waals surface area contributed by atoms with Crippen molar-refractivity contribution in [3.8, 4) is 0 Å². The maximum Gasteiger partial charge on any atom is 0.324 e. The summed E-state index contributed by atoms with van der Waals surface area (Å²) in [5, 5.41) is 16.3. The minimum Gasteiger partial charge on any atom is -0.480 e. The molecular weight excluding hydrogens is 270 g/mol. The Labute approximate surface area is 117 Å². The van der Waals surface area contributed by atoms with Crippen LogP contribution in [0.5, 0.6) is 0 Å². The molecule has 0 aromatic rings. The van der Waals surface area contributed by atoms with Crippen LogP contribution in [0.1, 0.15) is 20.8 Å². The van der Waals surface area contributed by atoms with E-state index >= 15 is 0 Å². The van der Waals surface area contributed by atoms with Gasteiger partial charge in [-0.15, -0.1) is 0 Å². The summed E-state index contributed by atoms with van der Waals surface area (Å²) in [6.45, 7) is 4.60. The Hall–Kier alpha value is -1.71. The minimum atomic E-state index is -1.21. The van der Waals surface area contributed by atoms with E-state index in [4.69, 9.17) is 27.4 Å². The molecule has 0 aromatic heterocycles. The average molecular weight is 293 g/mol. The maximum atomic E-state index is 11.1. The first kappa shape index (κ1) is 20.6. The van der Waals surface area contributed by atoms with Crippen LogP contribution in [0, 0.1) is 5.92 Å². The normalized spacial score (nSPS) is 14.6. The van der Waals surface area contributed by atoms with Gasteiger partial charge in [0.25, 0.3) is 0 Å². The van der Waals surface area contributed by atoms with Gasteiger partial charge in [-0.2, -0.15) is 0 Å². The molecule has 118 valence electrons. The smallest absolute Gasteiger partial charge is 0.324 e. The highest BCUT2D eigenvalue weighted by atomic mass is 16.5. The van der Waals surface area contributed by atoms with Gasteiger partial charge in [-0.05, 0) is 12.8 Å². The summed E-state index contributed by atoms with van der Waals surface area (Å²) < 4.78 is 4.62. The number of carboxylic acids is 2. The molecular formula is C11H23N3O6. The monoisotopic (exact) mass is 293 g/mol. The predicted molar refractivity (Wildman–Crippen MR) is 70.7 cm³/mol. The van der Waals surface area contributed by atoms with Crippen molar-refractivity contribution in [3.05, 3.63) is 0 Å². The Bertz CT molecular complexity index is 332. The van der Waals surface area contributed by atoms with Gasteiger partial charge in [0, 0.05) is 0 Å². The lowest BCUT2D eigenvalue weighted by atomic mass is 10.1. The van der Waals surface area contributed by atoms with Gasteiger partial charge in [-0.3, -0.25) is 14.4 Å². The van der Waals surface area contributed by atoms with Crippen molar-refractivity contribution in [2.24, 2.45) is 23.1 Å². The van der Waals surface area contributed by atoms with Crippen LogP contribution in [0.15, 0.2) is 0 Å². The van der Waals surface area contributed by atoms with Gasteiger partial charge in [0.15, 0.2) is 0 Å². The van der Waals surface area contributed by atoms with Gasteiger partial charge < -0.3 is 32.2 Å². The average Bonchev–Trinajstić information content (AvgIpc) is 2.34. The van der Waals surface area contributed by atoms with Crippen LogP contribution in [0.3, 0.4) is 0 Å². The number of carbonyl (C=O) groups excluding carboxylic acids is 1. The molecule has 3 atom stereocenters. The molecule has 0 amide bonds. The summed E-state index contributed by atoms with van der Waals surface area (Å²) >= 11 is 0. The van der Waals surface area contributed by atoms with Crippen molar-refractivity contribution in [2.75, 3.05) is 6.61 Å². The molecule has 0 spiro atoms. The van der Waals surface area contributed by atoms with Crippen molar-refractivity contribution < 1.29 is 29.3 Å². The molecule has 0 aliphatic heterocycles. The fourth-order valence-corrected chi connectivity index (χ4v) is 0.612. The molecule has 0 aliphatic rings. The third-order valence-electron chi connectivity index (χ3n) is 2.10. The van der Waals surface area contributed by atoms with Crippen LogP contribution >= 0.6 is 0 Å². The lowest BCUT2D eigenvalue weighted by Crippen LogP contribution is -2.41. The first-order valence-electron chi connectivity index (χ1n) is 5.89. The van der Waals surface area contributed by atoms with E-state index in [0.717, 1.165) is 0 Å². The Balaban J connectivity index is 0. The molecule has 9 heteroatoms. The highest BCUT2D eigenvalue weighted by molar-refractivity contribution is 5.77. The predicted octanol–water partition coefficient (Wildman–Crippen LogP) is -1.66. The first-order chi connectivity index (χ1) is 9.00. The Kier molecular flexibility index (Phi) is 10.4. The van der Waals surface area contributed by atoms with Crippen LogP contribution in [0.4, 0.5) is 0 Å². The summed E-state index contributed by atoms with van der Waals surface area (Å²) in [7, 11) is 0. The summed E-state index contributed by atoms with van der Waals surface area (Å²) in [5.74, 6) is -2.86. The highest BCUT2D eigenvalue weighted by Gasteiger charge is 2.21. The Morgan fingerprint density at radius 1 is 1.00 bits per heavy atom. The van der Waals surface area contributed by atoms with Gasteiger partial charge in [0.1, 0.15) is 24.7 Å². The maximum absolute atomic E-state index is 11.1. The molecule has 8 N–H and O–H groups in total. The van der Waals surface area contributed by atoms with Crippen molar-refractivity contribution in [1.82, 2.24) is 0 Å². The van der Waals surface area contributed by atoms with E-state index in [-0.39, 0.29) is 12.5 Å². The number of nitrogens with two attached hydrogens (primary N) is 3. The minimum absolute atomic E-state index is 0.0523. The van der Waals surface area contributed by atoms with E-state index in [1.165, 1.54) is 6.92 Å². The van der Waals surface area contributed by atoms with E-state index in [1.54, 1.807) is 13.8 Å². The largest absolute Gasteiger partial charge is 0.480 e. The summed E-state index contributed by atoms with van der Waals surface area (Å²) in [6, 6.07) is -2.67. The van der Waals surface area contributed by atoms with Gasteiger partial charge in [0.2, 0.25) is 0 Å². The van der Waals surface area contributed by atoms with Crippen molar-refractivity contribution in [3.63, 3.8) is 0 Å². The zero-order chi connectivity index (χ0) is 16.5. The molecule has 9 nitrogen and oxygen atoms in total. The third-order valence-corrected chi connectivity index (χ3v) is 2.10. The van der Waals surface area contributed by atoms with E-state index in [0.29, 0.717) is 0 Å². The molecule has 20 heavy (non-hydrogen) atoms. The SMILES string of the molecule is CC(C)[C@H](N)C(=O)OC[C@H](N)C(=O)O.C[C@H](N)C(=O)O. The van der Waals surface area contributed by atoms with Gasteiger partial charge in [-0.1, -0.05) is 13.8 Å². The number of aliphatic carboxylic acids is 2. The lowest BCUT2D eigenvalue weighted by Gasteiger charge is -2.15. The van der Waals surface area contributed by atoms with Crippen LogP contribution in [0.25, 0.3) is 0 Å². The molecule has 0 rings (SSSR count). The van der Waals surface area contributed by atoms with E-state index in [1.807, 2.05) is 0 Å². The fraction of sp³-hybridized carbons (Fsp3) is 0.727. The second-order valence-electron chi connectivity index (χ2n) is 4.47. The molecule has 0 fully saturated rings. The highest BCUT2D eigenvalue weighted by Crippen LogP contribution is 2.00. The van der Waals surface area contributed by atoms with Crippen LogP contribution in [-0.4, -0.2) is 52.9 Å². The quantitative estimate of drug-likeness (QED) is 0.358. The van der Waals surface area contributed by atoms with Crippen molar-refractivity contribution in [1.29, 1.82) is 0 Å². The molecule has 0 saturated heterocycles. The molecule has 0 radical (unpaired) electrons. The van der Waals surface area contributed by atoms with Crippen LogP contribution in [-0.2, 0) is 19.1 Å². The standard InChI is InChI=1S/C8H16N2O4.C3H7NO2/c1-4(2)6(10)8(13)14-3-5(9)7(11)12;1-2(4)3(5)6/h4-6H,3,9-10H2,1-2H3,(H,11,12);2H,4H2,1H3,(H,5,6)/t5-,6-;2-/m00/s1. The van der Waals surface area contributed by atoms with E-state index in [9.17, 15) is 14.4 Å². The number of ether oxygens (including phenoxy) is 1. The molecule has 0 saturated carbocycles. The number of hydrogen-bond donors (Lipinski definition) is 5. The number of esters is 1. The third kappa shape index (κ3) is 10.2. The zero-order valence-electron chi connectivity index (χ0n) is 11.8. The van der Waals surface area contributed by atoms with Gasteiger partial charge in [0.05, 0.1) is 0 Å². The Morgan fingerprint density at radius 3 is 1.65 bits per heavy atom. The van der Waals surface area contributed by atoms with Crippen molar-refractivity contribution in [2.45, 2.75) is 38.9 Å². The summed E-state index contributed by atoms with van der Waals surface area (Å²) in [4.78, 5) is 31.0. The molecule has 0 aromatic carbocycles. The van der Waals surface area contributed by atoms with Gasteiger partial charge in [-0.25, -0.2) is 0 Å². The number of carbonyl (C=O) groups is 3. The number of hydrogen-bond acceptors (Lipinski definition) is 7. The molecule has 0 heterocycles. The fourth-order valence-electron chi connectivity index (χ4n) is 0.612. The lowest BCUT2D eigenvalue weighted by molar-refractivity contribution is -0.149. The Morgan fingerprint density at radius 2 is 1.40 bits per heavy atom. The second-order valence-corrected chi connectivity index (χ2v) is 4.47. The zero-order valence-corrected chi connectivity index (χ0v) is 11.8. The van der Waals surface area contributed by atoms with Crippen LogP contribution < -0.4 is 17.2 Å². The number of rotatable bonds is 6. The topological polar surface area (TPSA) is 179 Å². The first-order valence-corrected chi connectivity index (χ1v) is 5.89. The van der Waals surface area contributed by atoms with Crippen molar-refractivity contribution >= 4 is 17.9 Å². The van der Waals surface area contributed by atoms with E-state index in [2.05, 4.69) is 4.74 Å². The number of carboxylic acid groups (broad SMARTS) is 2. The summed E-state index contributed by atoms with van der Waals surface area (Å²) in [5.41, 5.74) is 15.4. The van der Waals surface area contributed by atoms with E-state index < -0.39 is 36.0 Å². The molecule has 0 bridgehead atoms. The summed E-state index contributed by atoms with van der Waals surface area (Å²) in [6.07, 6.45) is 0.